The van der Waals surface area contributed by atoms with Gasteiger partial charge in [0.2, 0.25) is 0 Å². The Morgan fingerprint density at radius 3 is 3.00 bits per heavy atom. The molecular formula is C18H23N7O. The van der Waals surface area contributed by atoms with Crippen LogP contribution in [0, 0.1) is 6.92 Å². The molecule has 3 aromatic rings. The highest BCUT2D eigenvalue weighted by molar-refractivity contribution is 5.82. The fourth-order valence-electron chi connectivity index (χ4n) is 3.60. The molecule has 0 radical (unpaired) electrons. The molecule has 4 heterocycles. The van der Waals surface area contributed by atoms with E-state index in [2.05, 4.69) is 40.8 Å². The highest BCUT2D eigenvalue weighted by Crippen LogP contribution is 2.24. The van der Waals surface area contributed by atoms with Gasteiger partial charge in [-0.05, 0) is 25.5 Å². The van der Waals surface area contributed by atoms with E-state index in [1.165, 1.54) is 0 Å². The second kappa shape index (κ2) is 7.35. The number of aliphatic hydroxyl groups is 1. The molecule has 1 saturated heterocycles. The number of aliphatic hydroxyl groups excluding tert-OH is 1. The lowest BCUT2D eigenvalue weighted by Gasteiger charge is -2.41. The molecule has 26 heavy (non-hydrogen) atoms. The number of pyridine rings is 1. The first kappa shape index (κ1) is 16.9. The van der Waals surface area contributed by atoms with Gasteiger partial charge in [0, 0.05) is 44.5 Å². The minimum atomic E-state index is 0.166. The van der Waals surface area contributed by atoms with Gasteiger partial charge in [0.1, 0.15) is 11.8 Å². The predicted molar refractivity (Wildman–Crippen MR) is 98.8 cm³/mol. The number of fused-ring (bicyclic) bond motifs is 1. The molecule has 1 aliphatic heterocycles. The maximum absolute atomic E-state index is 9.54. The number of aromatic amines is 1. The molecule has 3 aromatic heterocycles. The number of aromatic nitrogens is 5. The molecule has 1 unspecified atom stereocenters. The SMILES string of the molecule is Cc1cccc(CN2CCN(c3ncnc4nc[nH]c34)CC2CCO)n1. The zero-order valence-corrected chi connectivity index (χ0v) is 14.8. The topological polar surface area (TPSA) is 94.1 Å². The van der Waals surface area contributed by atoms with Crippen LogP contribution in [-0.4, -0.2) is 67.2 Å². The molecule has 2 N–H and O–H groups in total. The van der Waals surface area contributed by atoms with Gasteiger partial charge < -0.3 is 15.0 Å². The van der Waals surface area contributed by atoms with E-state index in [1.807, 2.05) is 19.1 Å². The Balaban J connectivity index is 1.53. The molecule has 4 rings (SSSR count). The van der Waals surface area contributed by atoms with Crippen LogP contribution in [0.15, 0.2) is 30.9 Å². The Morgan fingerprint density at radius 2 is 2.15 bits per heavy atom. The third kappa shape index (κ3) is 3.38. The van der Waals surface area contributed by atoms with Gasteiger partial charge in [-0.3, -0.25) is 9.88 Å². The van der Waals surface area contributed by atoms with Crippen LogP contribution >= 0.6 is 0 Å². The average molecular weight is 353 g/mol. The van der Waals surface area contributed by atoms with Crippen LogP contribution in [0.3, 0.4) is 0 Å². The molecule has 1 aliphatic rings. The van der Waals surface area contributed by atoms with Crippen molar-refractivity contribution < 1.29 is 5.11 Å². The van der Waals surface area contributed by atoms with E-state index < -0.39 is 0 Å². The fourth-order valence-corrected chi connectivity index (χ4v) is 3.60. The number of nitrogens with one attached hydrogen (secondary N) is 1. The normalized spacial score (nSPS) is 18.5. The van der Waals surface area contributed by atoms with Crippen molar-refractivity contribution in [2.75, 3.05) is 31.1 Å². The standard InChI is InChI=1S/C18H23N7O/c1-13-3-2-4-14(23-13)9-24-6-7-25(10-15(24)5-8-26)18-16-17(20-11-19-16)21-12-22-18/h2-4,11-12,15,26H,5-10H2,1H3,(H,19,20,21,22). The molecule has 0 amide bonds. The van der Waals surface area contributed by atoms with Gasteiger partial charge >= 0.3 is 0 Å². The van der Waals surface area contributed by atoms with Crippen LogP contribution in [0.1, 0.15) is 17.8 Å². The van der Waals surface area contributed by atoms with Crippen molar-refractivity contribution in [3.63, 3.8) is 0 Å². The number of anilines is 1. The smallest absolute Gasteiger partial charge is 0.182 e. The van der Waals surface area contributed by atoms with Crippen LogP contribution in [0.5, 0.6) is 0 Å². The minimum Gasteiger partial charge on any atom is -0.396 e. The summed E-state index contributed by atoms with van der Waals surface area (Å²) in [5, 5.41) is 9.54. The maximum Gasteiger partial charge on any atom is 0.182 e. The Bertz CT molecular complexity index is 881. The summed E-state index contributed by atoms with van der Waals surface area (Å²) in [6, 6.07) is 6.36. The van der Waals surface area contributed by atoms with E-state index in [-0.39, 0.29) is 12.6 Å². The lowest BCUT2D eigenvalue weighted by Crippen LogP contribution is -2.53. The van der Waals surface area contributed by atoms with Crippen LogP contribution in [0.4, 0.5) is 5.82 Å². The van der Waals surface area contributed by atoms with E-state index in [9.17, 15) is 5.11 Å². The molecule has 8 nitrogen and oxygen atoms in total. The highest BCUT2D eigenvalue weighted by atomic mass is 16.3. The summed E-state index contributed by atoms with van der Waals surface area (Å²) in [5.41, 5.74) is 3.64. The summed E-state index contributed by atoms with van der Waals surface area (Å²) in [4.78, 5) is 25.3. The number of hydrogen-bond donors (Lipinski definition) is 2. The number of rotatable bonds is 5. The second-order valence-electron chi connectivity index (χ2n) is 6.65. The number of nitrogens with zero attached hydrogens (tertiary/aromatic N) is 6. The summed E-state index contributed by atoms with van der Waals surface area (Å²) >= 11 is 0. The number of H-pyrrole nitrogens is 1. The van der Waals surface area contributed by atoms with Crippen molar-refractivity contribution >= 4 is 17.0 Å². The summed E-state index contributed by atoms with van der Waals surface area (Å²) < 4.78 is 0. The third-order valence-corrected chi connectivity index (χ3v) is 4.88. The Kier molecular flexibility index (Phi) is 4.77. The van der Waals surface area contributed by atoms with E-state index in [0.29, 0.717) is 5.65 Å². The molecule has 0 saturated carbocycles. The van der Waals surface area contributed by atoms with Gasteiger partial charge in [0.15, 0.2) is 11.5 Å². The van der Waals surface area contributed by atoms with Gasteiger partial charge in [-0.15, -0.1) is 0 Å². The first-order valence-electron chi connectivity index (χ1n) is 8.91. The van der Waals surface area contributed by atoms with Crippen molar-refractivity contribution in [2.24, 2.45) is 0 Å². The third-order valence-electron chi connectivity index (χ3n) is 4.88. The first-order chi connectivity index (χ1) is 12.7. The number of piperazine rings is 1. The van der Waals surface area contributed by atoms with Gasteiger partial charge in [0.25, 0.3) is 0 Å². The van der Waals surface area contributed by atoms with Crippen molar-refractivity contribution in [3.8, 4) is 0 Å². The zero-order valence-electron chi connectivity index (χ0n) is 14.8. The molecule has 0 aliphatic carbocycles. The van der Waals surface area contributed by atoms with Crippen molar-refractivity contribution in [3.05, 3.63) is 42.2 Å². The maximum atomic E-state index is 9.54. The van der Waals surface area contributed by atoms with E-state index >= 15 is 0 Å². The van der Waals surface area contributed by atoms with Crippen molar-refractivity contribution in [1.82, 2.24) is 29.8 Å². The second-order valence-corrected chi connectivity index (χ2v) is 6.65. The number of hydrogen-bond acceptors (Lipinski definition) is 7. The fraction of sp³-hybridized carbons (Fsp3) is 0.444. The van der Waals surface area contributed by atoms with Gasteiger partial charge in [0.05, 0.1) is 12.0 Å². The summed E-state index contributed by atoms with van der Waals surface area (Å²) in [7, 11) is 0. The molecule has 1 fully saturated rings. The van der Waals surface area contributed by atoms with Gasteiger partial charge in [-0.2, -0.15) is 0 Å². The summed E-state index contributed by atoms with van der Waals surface area (Å²) in [6.45, 7) is 5.52. The monoisotopic (exact) mass is 353 g/mol. The number of aryl methyl sites for hydroxylation is 1. The Labute approximate surface area is 151 Å². The van der Waals surface area contributed by atoms with Crippen LogP contribution in [0.2, 0.25) is 0 Å². The van der Waals surface area contributed by atoms with E-state index in [4.69, 9.17) is 0 Å². The Morgan fingerprint density at radius 1 is 1.23 bits per heavy atom. The largest absolute Gasteiger partial charge is 0.396 e. The molecule has 1 atom stereocenters. The lowest BCUT2D eigenvalue weighted by atomic mass is 10.1. The molecular weight excluding hydrogens is 330 g/mol. The quantitative estimate of drug-likeness (QED) is 0.710. The molecule has 8 heteroatoms. The first-order valence-corrected chi connectivity index (χ1v) is 8.91. The lowest BCUT2D eigenvalue weighted by molar-refractivity contribution is 0.134. The van der Waals surface area contributed by atoms with E-state index in [0.717, 1.165) is 55.3 Å². The average Bonchev–Trinajstić information content (AvgIpc) is 3.12. The zero-order chi connectivity index (χ0) is 17.9. The molecule has 0 bridgehead atoms. The summed E-state index contributed by atoms with van der Waals surface area (Å²) in [5.74, 6) is 0.878. The Hall–Kier alpha value is -2.58. The molecule has 0 aromatic carbocycles. The predicted octanol–water partition coefficient (Wildman–Crippen LogP) is 1.13. The molecule has 136 valence electrons. The van der Waals surface area contributed by atoms with E-state index in [1.54, 1.807) is 12.7 Å². The van der Waals surface area contributed by atoms with Crippen LogP contribution < -0.4 is 4.90 Å². The van der Waals surface area contributed by atoms with Gasteiger partial charge in [-0.25, -0.2) is 15.0 Å². The van der Waals surface area contributed by atoms with Crippen LogP contribution in [-0.2, 0) is 6.54 Å². The highest BCUT2D eigenvalue weighted by Gasteiger charge is 2.28. The minimum absolute atomic E-state index is 0.166. The van der Waals surface area contributed by atoms with Crippen molar-refractivity contribution in [2.45, 2.75) is 25.9 Å². The van der Waals surface area contributed by atoms with Crippen LogP contribution in [0.25, 0.3) is 11.2 Å². The van der Waals surface area contributed by atoms with Gasteiger partial charge in [-0.1, -0.05) is 6.07 Å². The summed E-state index contributed by atoms with van der Waals surface area (Å²) in [6.07, 6.45) is 3.93. The molecule has 0 spiro atoms. The number of imidazole rings is 1. The van der Waals surface area contributed by atoms with Crippen molar-refractivity contribution in [1.29, 1.82) is 0 Å².